The molecule has 104 valence electrons. The van der Waals surface area contributed by atoms with Gasteiger partial charge in [-0.15, -0.1) is 0 Å². The van der Waals surface area contributed by atoms with Gasteiger partial charge in [-0.1, -0.05) is 30.3 Å². The van der Waals surface area contributed by atoms with Gasteiger partial charge in [-0.3, -0.25) is 4.79 Å². The molecule has 4 N–H and O–H groups in total. The predicted molar refractivity (Wildman–Crippen MR) is 82.6 cm³/mol. The van der Waals surface area contributed by atoms with Gasteiger partial charge in [-0.05, 0) is 30.7 Å². The molecule has 1 amide bonds. The first kappa shape index (κ1) is 13.9. The summed E-state index contributed by atoms with van der Waals surface area (Å²) in [6, 6.07) is 15.3. The fourth-order valence-corrected chi connectivity index (χ4v) is 1.96. The molecule has 0 radical (unpaired) electrons. The van der Waals surface area contributed by atoms with Crippen LogP contribution in [0.1, 0.15) is 22.8 Å². The highest BCUT2D eigenvalue weighted by Gasteiger charge is 2.10. The van der Waals surface area contributed by atoms with Gasteiger partial charge in [0.1, 0.15) is 0 Å². The van der Waals surface area contributed by atoms with Crippen LogP contribution in [0.4, 0.5) is 11.4 Å². The van der Waals surface area contributed by atoms with Crippen LogP contribution in [-0.2, 0) is 6.54 Å². The molecule has 0 aliphatic rings. The first-order valence-electron chi connectivity index (χ1n) is 6.66. The number of hydrogen-bond acceptors (Lipinski definition) is 3. The summed E-state index contributed by atoms with van der Waals surface area (Å²) in [5.41, 5.74) is 8.94. The van der Waals surface area contributed by atoms with E-state index in [0.717, 1.165) is 11.3 Å². The Morgan fingerprint density at radius 2 is 1.90 bits per heavy atom. The second-order valence-electron chi connectivity index (χ2n) is 4.50. The third-order valence-electron chi connectivity index (χ3n) is 2.95. The minimum absolute atomic E-state index is 0.0944. The SMILES string of the molecule is CCNC(=O)c1ccc(N)cc1NCc1ccccc1. The molecular formula is C16H19N3O. The van der Waals surface area contributed by atoms with Crippen molar-refractivity contribution in [1.82, 2.24) is 5.32 Å². The summed E-state index contributed by atoms with van der Waals surface area (Å²) < 4.78 is 0. The molecule has 0 aromatic heterocycles. The van der Waals surface area contributed by atoms with E-state index in [2.05, 4.69) is 10.6 Å². The number of amides is 1. The van der Waals surface area contributed by atoms with Crippen molar-refractivity contribution in [1.29, 1.82) is 0 Å². The predicted octanol–water partition coefficient (Wildman–Crippen LogP) is 2.63. The zero-order valence-electron chi connectivity index (χ0n) is 11.5. The van der Waals surface area contributed by atoms with Crippen LogP contribution in [0.25, 0.3) is 0 Å². The van der Waals surface area contributed by atoms with E-state index >= 15 is 0 Å². The molecule has 2 rings (SSSR count). The van der Waals surface area contributed by atoms with Gasteiger partial charge >= 0.3 is 0 Å². The number of nitrogens with one attached hydrogen (secondary N) is 2. The van der Waals surface area contributed by atoms with Crippen LogP contribution in [0, 0.1) is 0 Å². The monoisotopic (exact) mass is 269 g/mol. The maximum Gasteiger partial charge on any atom is 0.253 e. The minimum Gasteiger partial charge on any atom is -0.399 e. The molecule has 0 aliphatic heterocycles. The molecule has 20 heavy (non-hydrogen) atoms. The van der Waals surface area contributed by atoms with Crippen LogP contribution in [0.2, 0.25) is 0 Å². The summed E-state index contributed by atoms with van der Waals surface area (Å²) in [6.45, 7) is 3.14. The molecule has 0 aliphatic carbocycles. The van der Waals surface area contributed by atoms with E-state index in [0.29, 0.717) is 24.3 Å². The second kappa shape index (κ2) is 6.61. The van der Waals surface area contributed by atoms with Crippen molar-refractivity contribution in [3.8, 4) is 0 Å². The highest BCUT2D eigenvalue weighted by atomic mass is 16.1. The number of carbonyl (C=O) groups is 1. The fourth-order valence-electron chi connectivity index (χ4n) is 1.96. The number of benzene rings is 2. The summed E-state index contributed by atoms with van der Waals surface area (Å²) in [5, 5.41) is 6.07. The Morgan fingerprint density at radius 3 is 2.60 bits per heavy atom. The van der Waals surface area contributed by atoms with Crippen molar-refractivity contribution in [2.75, 3.05) is 17.6 Å². The van der Waals surface area contributed by atoms with E-state index in [1.54, 1.807) is 18.2 Å². The molecule has 2 aromatic carbocycles. The largest absolute Gasteiger partial charge is 0.399 e. The van der Waals surface area contributed by atoms with Crippen molar-refractivity contribution in [2.45, 2.75) is 13.5 Å². The van der Waals surface area contributed by atoms with Gasteiger partial charge in [-0.2, -0.15) is 0 Å². The number of nitrogens with two attached hydrogens (primary N) is 1. The van der Waals surface area contributed by atoms with Crippen molar-refractivity contribution >= 4 is 17.3 Å². The standard InChI is InChI=1S/C16H19N3O/c1-2-18-16(20)14-9-8-13(17)10-15(14)19-11-12-6-4-3-5-7-12/h3-10,19H,2,11,17H2,1H3,(H,18,20). The first-order valence-corrected chi connectivity index (χ1v) is 6.66. The Labute approximate surface area is 119 Å². The lowest BCUT2D eigenvalue weighted by Gasteiger charge is -2.12. The summed E-state index contributed by atoms with van der Waals surface area (Å²) in [7, 11) is 0. The van der Waals surface area contributed by atoms with E-state index < -0.39 is 0 Å². The van der Waals surface area contributed by atoms with Crippen LogP contribution in [0.3, 0.4) is 0 Å². The molecule has 0 saturated heterocycles. The number of rotatable bonds is 5. The van der Waals surface area contributed by atoms with E-state index in [-0.39, 0.29) is 5.91 Å². The Hall–Kier alpha value is -2.49. The van der Waals surface area contributed by atoms with Crippen LogP contribution in [0.15, 0.2) is 48.5 Å². The molecule has 2 aromatic rings. The molecule has 0 fully saturated rings. The number of nitrogen functional groups attached to an aromatic ring is 1. The summed E-state index contributed by atoms with van der Waals surface area (Å²) in [6.07, 6.45) is 0. The fraction of sp³-hybridized carbons (Fsp3) is 0.188. The smallest absolute Gasteiger partial charge is 0.253 e. The quantitative estimate of drug-likeness (QED) is 0.731. The van der Waals surface area contributed by atoms with Gasteiger partial charge in [0.25, 0.3) is 5.91 Å². The second-order valence-corrected chi connectivity index (χ2v) is 4.50. The molecule has 4 heteroatoms. The Morgan fingerprint density at radius 1 is 1.15 bits per heavy atom. The van der Waals surface area contributed by atoms with Crippen molar-refractivity contribution < 1.29 is 4.79 Å². The molecule has 4 nitrogen and oxygen atoms in total. The molecule has 0 bridgehead atoms. The highest BCUT2D eigenvalue weighted by molar-refractivity contribution is 6.00. The average molecular weight is 269 g/mol. The number of carbonyl (C=O) groups excluding carboxylic acids is 1. The molecule has 0 spiro atoms. The summed E-state index contributed by atoms with van der Waals surface area (Å²) >= 11 is 0. The zero-order valence-corrected chi connectivity index (χ0v) is 11.5. The van der Waals surface area contributed by atoms with Gasteiger partial charge in [0.05, 0.1) is 5.56 Å². The Kier molecular flexibility index (Phi) is 4.60. The van der Waals surface area contributed by atoms with Crippen molar-refractivity contribution in [2.24, 2.45) is 0 Å². The van der Waals surface area contributed by atoms with Crippen LogP contribution < -0.4 is 16.4 Å². The van der Waals surface area contributed by atoms with E-state index in [1.165, 1.54) is 0 Å². The van der Waals surface area contributed by atoms with E-state index in [1.807, 2.05) is 37.3 Å². The topological polar surface area (TPSA) is 67.2 Å². The van der Waals surface area contributed by atoms with Gasteiger partial charge in [0, 0.05) is 24.5 Å². The van der Waals surface area contributed by atoms with Crippen molar-refractivity contribution in [3.63, 3.8) is 0 Å². The lowest BCUT2D eigenvalue weighted by atomic mass is 10.1. The zero-order chi connectivity index (χ0) is 14.4. The molecule has 0 unspecified atom stereocenters. The Balaban J connectivity index is 2.17. The minimum atomic E-state index is -0.0944. The van der Waals surface area contributed by atoms with Gasteiger partial charge in [0.2, 0.25) is 0 Å². The van der Waals surface area contributed by atoms with Crippen LogP contribution in [0.5, 0.6) is 0 Å². The van der Waals surface area contributed by atoms with Gasteiger partial charge < -0.3 is 16.4 Å². The summed E-state index contributed by atoms with van der Waals surface area (Å²) in [5.74, 6) is -0.0944. The van der Waals surface area contributed by atoms with E-state index in [4.69, 9.17) is 5.73 Å². The maximum atomic E-state index is 12.0. The number of anilines is 2. The van der Waals surface area contributed by atoms with Crippen molar-refractivity contribution in [3.05, 3.63) is 59.7 Å². The third-order valence-corrected chi connectivity index (χ3v) is 2.95. The molecule has 0 heterocycles. The Bertz CT molecular complexity index is 582. The van der Waals surface area contributed by atoms with Gasteiger partial charge in [0.15, 0.2) is 0 Å². The number of hydrogen-bond donors (Lipinski definition) is 3. The average Bonchev–Trinajstić information content (AvgIpc) is 2.46. The highest BCUT2D eigenvalue weighted by Crippen LogP contribution is 2.20. The molecular weight excluding hydrogens is 250 g/mol. The first-order chi connectivity index (χ1) is 9.70. The lowest BCUT2D eigenvalue weighted by molar-refractivity contribution is 0.0956. The third kappa shape index (κ3) is 3.51. The molecule has 0 saturated carbocycles. The van der Waals surface area contributed by atoms with Gasteiger partial charge in [-0.25, -0.2) is 0 Å². The maximum absolute atomic E-state index is 12.0. The lowest BCUT2D eigenvalue weighted by Crippen LogP contribution is -2.23. The van der Waals surface area contributed by atoms with Crippen LogP contribution in [-0.4, -0.2) is 12.5 Å². The van der Waals surface area contributed by atoms with E-state index in [9.17, 15) is 4.79 Å². The van der Waals surface area contributed by atoms with Crippen LogP contribution >= 0.6 is 0 Å². The summed E-state index contributed by atoms with van der Waals surface area (Å²) in [4.78, 5) is 12.0. The normalized spacial score (nSPS) is 10.1. The molecule has 0 atom stereocenters.